The zero-order valence-electron chi connectivity index (χ0n) is 10.4. The fourth-order valence-corrected chi connectivity index (χ4v) is 1.81. The molecular formula is C16H16N2. The number of hydrogen-bond donors (Lipinski definition) is 1. The summed E-state index contributed by atoms with van der Waals surface area (Å²) in [4.78, 5) is 0. The van der Waals surface area contributed by atoms with Gasteiger partial charge in [0.25, 0.3) is 0 Å². The Labute approximate surface area is 108 Å². The summed E-state index contributed by atoms with van der Waals surface area (Å²) < 4.78 is 0. The fraction of sp³-hybridized carbons (Fsp3) is 0.188. The van der Waals surface area contributed by atoms with Crippen molar-refractivity contribution in [3.8, 4) is 6.07 Å². The average molecular weight is 236 g/mol. The van der Waals surface area contributed by atoms with Crippen LogP contribution in [-0.4, -0.2) is 0 Å². The van der Waals surface area contributed by atoms with Gasteiger partial charge in [0.1, 0.15) is 6.04 Å². The second-order valence-electron chi connectivity index (χ2n) is 4.34. The zero-order chi connectivity index (χ0) is 12.8. The van der Waals surface area contributed by atoms with E-state index in [1.807, 2.05) is 49.4 Å². The first-order valence-corrected chi connectivity index (χ1v) is 6.03. The molecule has 1 atom stereocenters. The van der Waals surface area contributed by atoms with Crippen molar-refractivity contribution >= 4 is 0 Å². The van der Waals surface area contributed by atoms with Crippen molar-refractivity contribution in [2.45, 2.75) is 19.5 Å². The summed E-state index contributed by atoms with van der Waals surface area (Å²) in [5.41, 5.74) is 3.40. The lowest BCUT2D eigenvalue weighted by Gasteiger charge is -2.12. The SMILES string of the molecule is Cc1ccc([C@@H](C#N)NCc2ccccc2)cc1. The molecule has 0 saturated carbocycles. The van der Waals surface area contributed by atoms with Gasteiger partial charge in [0.05, 0.1) is 6.07 Å². The molecule has 0 aliphatic carbocycles. The summed E-state index contributed by atoms with van der Waals surface area (Å²) in [6, 6.07) is 20.2. The van der Waals surface area contributed by atoms with E-state index in [2.05, 4.69) is 23.5 Å². The number of nitrogens with one attached hydrogen (secondary N) is 1. The van der Waals surface area contributed by atoms with Gasteiger partial charge in [-0.25, -0.2) is 0 Å². The normalized spacial score (nSPS) is 11.8. The van der Waals surface area contributed by atoms with E-state index < -0.39 is 0 Å². The van der Waals surface area contributed by atoms with Crippen LogP contribution < -0.4 is 5.32 Å². The summed E-state index contributed by atoms with van der Waals surface area (Å²) in [5, 5.41) is 12.5. The molecule has 1 N–H and O–H groups in total. The first-order valence-electron chi connectivity index (χ1n) is 6.03. The van der Waals surface area contributed by atoms with E-state index in [1.54, 1.807) is 0 Å². The van der Waals surface area contributed by atoms with Crippen LogP contribution >= 0.6 is 0 Å². The molecule has 2 aromatic carbocycles. The number of rotatable bonds is 4. The van der Waals surface area contributed by atoms with Crippen molar-refractivity contribution < 1.29 is 0 Å². The van der Waals surface area contributed by atoms with Crippen molar-refractivity contribution in [1.82, 2.24) is 5.32 Å². The first kappa shape index (κ1) is 12.3. The number of nitriles is 1. The molecule has 0 unspecified atom stereocenters. The van der Waals surface area contributed by atoms with Crippen molar-refractivity contribution in [3.05, 3.63) is 71.3 Å². The maximum atomic E-state index is 9.21. The molecule has 2 aromatic rings. The molecule has 90 valence electrons. The monoisotopic (exact) mass is 236 g/mol. The Bertz CT molecular complexity index is 523. The molecule has 0 heterocycles. The van der Waals surface area contributed by atoms with Crippen molar-refractivity contribution in [2.24, 2.45) is 0 Å². The summed E-state index contributed by atoms with van der Waals surface area (Å²) >= 11 is 0. The Morgan fingerprint density at radius 2 is 1.72 bits per heavy atom. The lowest BCUT2D eigenvalue weighted by molar-refractivity contribution is 0.630. The van der Waals surface area contributed by atoms with Crippen molar-refractivity contribution in [1.29, 1.82) is 5.26 Å². The van der Waals surface area contributed by atoms with Gasteiger partial charge < -0.3 is 0 Å². The third kappa shape index (κ3) is 3.19. The number of benzene rings is 2. The van der Waals surface area contributed by atoms with E-state index >= 15 is 0 Å². The zero-order valence-corrected chi connectivity index (χ0v) is 10.4. The maximum absolute atomic E-state index is 9.21. The molecule has 0 spiro atoms. The molecule has 2 nitrogen and oxygen atoms in total. The molecule has 0 bridgehead atoms. The quantitative estimate of drug-likeness (QED) is 0.883. The molecular weight excluding hydrogens is 220 g/mol. The predicted molar refractivity (Wildman–Crippen MR) is 72.8 cm³/mol. The molecule has 0 aromatic heterocycles. The van der Waals surface area contributed by atoms with Gasteiger partial charge in [-0.2, -0.15) is 5.26 Å². The minimum atomic E-state index is -0.259. The summed E-state index contributed by atoms with van der Waals surface area (Å²) in [5.74, 6) is 0. The Morgan fingerprint density at radius 3 is 2.33 bits per heavy atom. The van der Waals surface area contributed by atoms with Gasteiger partial charge in [0.2, 0.25) is 0 Å². The Balaban J connectivity index is 2.02. The second-order valence-corrected chi connectivity index (χ2v) is 4.34. The third-order valence-corrected chi connectivity index (χ3v) is 2.89. The van der Waals surface area contributed by atoms with E-state index in [4.69, 9.17) is 0 Å². The standard InChI is InChI=1S/C16H16N2/c1-13-7-9-15(10-8-13)16(11-17)18-12-14-5-3-2-4-6-14/h2-10,16,18H,12H2,1H3/t16-/m1/s1. The maximum Gasteiger partial charge on any atom is 0.121 e. The van der Waals surface area contributed by atoms with E-state index in [1.165, 1.54) is 11.1 Å². The van der Waals surface area contributed by atoms with E-state index in [0.29, 0.717) is 6.54 Å². The molecule has 0 aliphatic rings. The first-order chi connectivity index (χ1) is 8.79. The highest BCUT2D eigenvalue weighted by atomic mass is 14.9. The minimum Gasteiger partial charge on any atom is -0.294 e. The van der Waals surface area contributed by atoms with Gasteiger partial charge in [0.15, 0.2) is 0 Å². The van der Waals surface area contributed by atoms with Gasteiger partial charge in [-0.15, -0.1) is 0 Å². The third-order valence-electron chi connectivity index (χ3n) is 2.89. The van der Waals surface area contributed by atoms with Crippen LogP contribution in [0.2, 0.25) is 0 Å². The van der Waals surface area contributed by atoms with E-state index in [9.17, 15) is 5.26 Å². The smallest absolute Gasteiger partial charge is 0.121 e. The van der Waals surface area contributed by atoms with Crippen LogP contribution in [0.3, 0.4) is 0 Å². The van der Waals surface area contributed by atoms with Crippen LogP contribution in [0, 0.1) is 18.3 Å². The summed E-state index contributed by atoms with van der Waals surface area (Å²) in [6.45, 7) is 2.75. The molecule has 0 radical (unpaired) electrons. The van der Waals surface area contributed by atoms with Crippen LogP contribution in [-0.2, 0) is 6.54 Å². The van der Waals surface area contributed by atoms with Crippen LogP contribution in [0.25, 0.3) is 0 Å². The van der Waals surface area contributed by atoms with E-state index in [-0.39, 0.29) is 6.04 Å². The number of hydrogen-bond acceptors (Lipinski definition) is 2. The number of nitrogens with zero attached hydrogens (tertiary/aromatic N) is 1. The minimum absolute atomic E-state index is 0.259. The molecule has 0 fully saturated rings. The van der Waals surface area contributed by atoms with Crippen LogP contribution in [0.5, 0.6) is 0 Å². The molecule has 0 aliphatic heterocycles. The van der Waals surface area contributed by atoms with Gasteiger partial charge >= 0.3 is 0 Å². The molecule has 2 heteroatoms. The molecule has 2 rings (SSSR count). The van der Waals surface area contributed by atoms with Crippen LogP contribution in [0.15, 0.2) is 54.6 Å². The lowest BCUT2D eigenvalue weighted by atomic mass is 10.1. The predicted octanol–water partition coefficient (Wildman–Crippen LogP) is 3.35. The van der Waals surface area contributed by atoms with Crippen molar-refractivity contribution in [2.75, 3.05) is 0 Å². The summed E-state index contributed by atoms with van der Waals surface area (Å²) in [7, 11) is 0. The van der Waals surface area contributed by atoms with Gasteiger partial charge in [-0.05, 0) is 18.1 Å². The highest BCUT2D eigenvalue weighted by Crippen LogP contribution is 2.13. The van der Waals surface area contributed by atoms with Crippen molar-refractivity contribution in [3.63, 3.8) is 0 Å². The highest BCUT2D eigenvalue weighted by Gasteiger charge is 2.08. The van der Waals surface area contributed by atoms with Gasteiger partial charge in [-0.1, -0.05) is 60.2 Å². The van der Waals surface area contributed by atoms with Gasteiger partial charge in [0, 0.05) is 6.54 Å². The average Bonchev–Trinajstić information content (AvgIpc) is 2.42. The topological polar surface area (TPSA) is 35.8 Å². The number of aryl methyl sites for hydroxylation is 1. The molecule has 18 heavy (non-hydrogen) atoms. The lowest BCUT2D eigenvalue weighted by Crippen LogP contribution is -2.19. The second kappa shape index (κ2) is 6.00. The van der Waals surface area contributed by atoms with E-state index in [0.717, 1.165) is 5.56 Å². The van der Waals surface area contributed by atoms with Crippen LogP contribution in [0.1, 0.15) is 22.7 Å². The fourth-order valence-electron chi connectivity index (χ4n) is 1.81. The highest BCUT2D eigenvalue weighted by molar-refractivity contribution is 5.28. The molecule has 0 saturated heterocycles. The summed E-state index contributed by atoms with van der Waals surface area (Å²) in [6.07, 6.45) is 0. The Hall–Kier alpha value is -2.11. The largest absolute Gasteiger partial charge is 0.294 e. The van der Waals surface area contributed by atoms with Crippen LogP contribution in [0.4, 0.5) is 0 Å². The Kier molecular flexibility index (Phi) is 4.11. The van der Waals surface area contributed by atoms with Gasteiger partial charge in [-0.3, -0.25) is 5.32 Å². The Morgan fingerprint density at radius 1 is 1.06 bits per heavy atom. The molecule has 0 amide bonds.